The summed E-state index contributed by atoms with van der Waals surface area (Å²) >= 11 is 0.873. The number of piperidine rings is 1. The molecule has 0 radical (unpaired) electrons. The first-order chi connectivity index (χ1) is 13.3. The molecule has 0 amide bonds. The van der Waals surface area contributed by atoms with Gasteiger partial charge in [0.1, 0.15) is 4.21 Å². The van der Waals surface area contributed by atoms with Crippen LogP contribution in [-0.4, -0.2) is 44.4 Å². The van der Waals surface area contributed by atoms with Crippen LogP contribution in [0.3, 0.4) is 0 Å². The van der Waals surface area contributed by atoms with Crippen molar-refractivity contribution in [2.45, 2.75) is 23.6 Å². The minimum atomic E-state index is -3.49. The molecule has 3 rings (SSSR count). The number of aliphatic hydroxyl groups is 1. The van der Waals surface area contributed by atoms with E-state index in [-0.39, 0.29) is 21.5 Å². The highest BCUT2D eigenvalue weighted by Crippen LogP contribution is 2.37. The fourth-order valence-electron chi connectivity index (χ4n) is 3.19. The number of anilines is 2. The first-order valence-electron chi connectivity index (χ1n) is 8.95. The van der Waals surface area contributed by atoms with E-state index in [2.05, 4.69) is 10.2 Å². The summed E-state index contributed by atoms with van der Waals surface area (Å²) in [5.74, 6) is 0.387. The number of nitrogens with zero attached hydrogens (tertiary/aromatic N) is 2. The van der Waals surface area contributed by atoms with Crippen molar-refractivity contribution in [3.8, 4) is 0 Å². The number of thiophene rings is 1. The Morgan fingerprint density at radius 2 is 1.93 bits per heavy atom. The Morgan fingerprint density at radius 1 is 1.29 bits per heavy atom. The summed E-state index contributed by atoms with van der Waals surface area (Å²) in [6.45, 7) is 2.43. The molecule has 2 heterocycles. The van der Waals surface area contributed by atoms with Crippen molar-refractivity contribution in [2.75, 3.05) is 36.2 Å². The van der Waals surface area contributed by atoms with E-state index in [0.29, 0.717) is 12.5 Å². The van der Waals surface area contributed by atoms with Crippen LogP contribution in [0.1, 0.15) is 18.4 Å². The fraction of sp³-hybridized carbons (Fsp3) is 0.444. The lowest BCUT2D eigenvalue weighted by Crippen LogP contribution is -2.34. The maximum absolute atomic E-state index is 11.7. The number of rotatable bonds is 7. The molecule has 0 saturated carbocycles. The van der Waals surface area contributed by atoms with Crippen molar-refractivity contribution >= 4 is 37.5 Å². The predicted octanol–water partition coefficient (Wildman–Crippen LogP) is 2.88. The molecule has 2 aromatic rings. The van der Waals surface area contributed by atoms with Crippen molar-refractivity contribution in [1.29, 1.82) is 0 Å². The van der Waals surface area contributed by atoms with Crippen molar-refractivity contribution in [3.05, 3.63) is 46.0 Å². The Morgan fingerprint density at radius 3 is 2.46 bits per heavy atom. The number of hydrogen-bond acceptors (Lipinski definition) is 8. The van der Waals surface area contributed by atoms with Crippen LogP contribution in [-0.2, 0) is 16.4 Å². The van der Waals surface area contributed by atoms with E-state index in [0.717, 1.165) is 60.8 Å². The molecule has 10 heteroatoms. The number of nitro groups is 1. The second kappa shape index (κ2) is 8.46. The van der Waals surface area contributed by atoms with Gasteiger partial charge in [-0.1, -0.05) is 23.5 Å². The van der Waals surface area contributed by atoms with Gasteiger partial charge in [0.05, 0.1) is 4.92 Å². The van der Waals surface area contributed by atoms with Gasteiger partial charge in [-0.3, -0.25) is 10.1 Å². The third-order valence-electron chi connectivity index (χ3n) is 4.88. The summed E-state index contributed by atoms with van der Waals surface area (Å²) in [7, 11) is -3.49. The van der Waals surface area contributed by atoms with Crippen LogP contribution < -0.4 is 10.2 Å². The quantitative estimate of drug-likeness (QED) is 0.518. The van der Waals surface area contributed by atoms with Gasteiger partial charge < -0.3 is 15.3 Å². The Kier molecular flexibility index (Phi) is 6.21. The molecule has 1 aliphatic heterocycles. The first kappa shape index (κ1) is 20.6. The zero-order chi connectivity index (χ0) is 20.3. The van der Waals surface area contributed by atoms with E-state index in [9.17, 15) is 23.6 Å². The Hall–Kier alpha value is -2.17. The molecule has 1 aliphatic rings. The van der Waals surface area contributed by atoms with E-state index in [1.807, 2.05) is 24.3 Å². The lowest BCUT2D eigenvalue weighted by Gasteiger charge is -2.33. The van der Waals surface area contributed by atoms with Gasteiger partial charge in [0.25, 0.3) is 0 Å². The number of aliphatic hydroxyl groups excluding tert-OH is 1. The number of nitrogens with one attached hydrogen (secondary N) is 1. The normalized spacial score (nSPS) is 15.6. The fourth-order valence-corrected chi connectivity index (χ4v) is 5.12. The maximum Gasteiger partial charge on any atom is 0.304 e. The monoisotopic (exact) mass is 425 g/mol. The van der Waals surface area contributed by atoms with Crippen LogP contribution in [0.4, 0.5) is 16.4 Å². The highest BCUT2D eigenvalue weighted by Gasteiger charge is 2.23. The summed E-state index contributed by atoms with van der Waals surface area (Å²) in [6.07, 6.45) is 2.99. The summed E-state index contributed by atoms with van der Waals surface area (Å²) in [5.41, 5.74) is 1.83. The second-order valence-corrected chi connectivity index (χ2v) is 10.2. The van der Waals surface area contributed by atoms with Gasteiger partial charge in [0.2, 0.25) is 0 Å². The molecular formula is C18H23N3O5S2. The molecular weight excluding hydrogens is 402 g/mol. The zero-order valence-corrected chi connectivity index (χ0v) is 17.1. The third-order valence-corrected chi connectivity index (χ3v) is 7.76. The van der Waals surface area contributed by atoms with Gasteiger partial charge >= 0.3 is 5.69 Å². The van der Waals surface area contributed by atoms with Crippen molar-refractivity contribution < 1.29 is 18.4 Å². The smallest absolute Gasteiger partial charge is 0.304 e. The zero-order valence-electron chi connectivity index (χ0n) is 15.5. The van der Waals surface area contributed by atoms with E-state index >= 15 is 0 Å². The van der Waals surface area contributed by atoms with Crippen LogP contribution in [0.25, 0.3) is 0 Å². The van der Waals surface area contributed by atoms with E-state index in [1.54, 1.807) is 0 Å². The molecule has 0 aliphatic carbocycles. The molecule has 0 bridgehead atoms. The Balaban J connectivity index is 1.65. The van der Waals surface area contributed by atoms with Gasteiger partial charge in [-0.2, -0.15) is 0 Å². The Bertz CT molecular complexity index is 933. The van der Waals surface area contributed by atoms with Crippen molar-refractivity contribution in [1.82, 2.24) is 0 Å². The van der Waals surface area contributed by atoms with Gasteiger partial charge in [0, 0.05) is 44.3 Å². The molecule has 2 N–H and O–H groups in total. The Labute approximate surface area is 167 Å². The number of benzene rings is 1. The SMILES string of the molecule is CS(=O)(=O)c1cc([N+](=O)[O-])c(NCc2ccc(N3CCC(CO)CC3)cc2)s1. The summed E-state index contributed by atoms with van der Waals surface area (Å²) in [6, 6.07) is 9.04. The van der Waals surface area contributed by atoms with E-state index in [1.165, 1.54) is 0 Å². The average molecular weight is 426 g/mol. The highest BCUT2D eigenvalue weighted by atomic mass is 32.2. The maximum atomic E-state index is 11.7. The lowest BCUT2D eigenvalue weighted by molar-refractivity contribution is -0.383. The standard InChI is InChI=1S/C18H23N3O5S2/c1-28(25,26)17-10-16(21(23)24)18(27-17)19-11-13-2-4-15(5-3-13)20-8-6-14(12-22)7-9-20/h2-5,10,14,19,22H,6-9,11-12H2,1H3. The molecule has 28 heavy (non-hydrogen) atoms. The molecule has 1 fully saturated rings. The molecule has 0 unspecified atom stereocenters. The van der Waals surface area contributed by atoms with Crippen LogP contribution in [0.2, 0.25) is 0 Å². The van der Waals surface area contributed by atoms with E-state index in [4.69, 9.17) is 0 Å². The largest absolute Gasteiger partial charge is 0.396 e. The summed E-state index contributed by atoms with van der Waals surface area (Å²) < 4.78 is 23.3. The second-order valence-electron chi connectivity index (χ2n) is 6.94. The third kappa shape index (κ3) is 4.81. The molecule has 1 saturated heterocycles. The molecule has 0 atom stereocenters. The first-order valence-corrected chi connectivity index (χ1v) is 11.7. The van der Waals surface area contributed by atoms with Gasteiger partial charge in [-0.05, 0) is 36.5 Å². The van der Waals surface area contributed by atoms with Gasteiger partial charge in [-0.15, -0.1) is 0 Å². The predicted molar refractivity (Wildman–Crippen MR) is 110 cm³/mol. The minimum Gasteiger partial charge on any atom is -0.396 e. The van der Waals surface area contributed by atoms with Crippen molar-refractivity contribution in [2.24, 2.45) is 5.92 Å². The van der Waals surface area contributed by atoms with Gasteiger partial charge in [0.15, 0.2) is 14.8 Å². The minimum absolute atomic E-state index is 0.0247. The van der Waals surface area contributed by atoms with Crippen LogP contribution in [0.15, 0.2) is 34.5 Å². The summed E-state index contributed by atoms with van der Waals surface area (Å²) in [4.78, 5) is 12.9. The highest BCUT2D eigenvalue weighted by molar-refractivity contribution is 7.92. The number of hydrogen-bond donors (Lipinski definition) is 2. The average Bonchev–Trinajstić information content (AvgIpc) is 3.12. The molecule has 8 nitrogen and oxygen atoms in total. The molecule has 1 aromatic carbocycles. The van der Waals surface area contributed by atoms with Crippen molar-refractivity contribution in [3.63, 3.8) is 0 Å². The molecule has 0 spiro atoms. The van der Waals surface area contributed by atoms with Crippen LogP contribution in [0.5, 0.6) is 0 Å². The van der Waals surface area contributed by atoms with Crippen LogP contribution >= 0.6 is 11.3 Å². The van der Waals surface area contributed by atoms with E-state index < -0.39 is 14.8 Å². The van der Waals surface area contributed by atoms with Crippen LogP contribution in [0, 0.1) is 16.0 Å². The lowest BCUT2D eigenvalue weighted by atomic mass is 9.97. The summed E-state index contributed by atoms with van der Waals surface area (Å²) in [5, 5.41) is 23.7. The molecule has 152 valence electrons. The number of sulfone groups is 1. The topological polar surface area (TPSA) is 113 Å². The molecule has 1 aromatic heterocycles. The van der Waals surface area contributed by atoms with Gasteiger partial charge in [-0.25, -0.2) is 8.42 Å².